The van der Waals surface area contributed by atoms with Crippen LogP contribution in [0.1, 0.15) is 44.3 Å². The van der Waals surface area contributed by atoms with E-state index in [0.29, 0.717) is 5.92 Å². The Morgan fingerprint density at radius 1 is 1.41 bits per heavy atom. The topological polar surface area (TPSA) is 88.0 Å². The highest BCUT2D eigenvalue weighted by Crippen LogP contribution is 2.33. The van der Waals surface area contributed by atoms with E-state index < -0.39 is 0 Å². The third-order valence-electron chi connectivity index (χ3n) is 4.41. The maximum atomic E-state index is 11.3. The molecule has 1 saturated carbocycles. The summed E-state index contributed by atoms with van der Waals surface area (Å²) in [6, 6.07) is 2.23. The molecule has 7 heteroatoms. The van der Waals surface area contributed by atoms with Crippen molar-refractivity contribution in [3.05, 3.63) is 24.3 Å². The molecular formula is C15H18N6O. The second kappa shape index (κ2) is 5.08. The Labute approximate surface area is 127 Å². The monoisotopic (exact) mass is 298 g/mol. The number of aromatic nitrogens is 5. The van der Waals surface area contributed by atoms with Gasteiger partial charge in [0.15, 0.2) is 11.3 Å². The van der Waals surface area contributed by atoms with Gasteiger partial charge in [-0.2, -0.15) is 0 Å². The molecule has 2 N–H and O–H groups in total. The molecule has 4 rings (SSSR count). The van der Waals surface area contributed by atoms with Crippen molar-refractivity contribution in [3.8, 4) is 0 Å². The summed E-state index contributed by atoms with van der Waals surface area (Å²) in [6.07, 6.45) is 7.73. The third-order valence-corrected chi connectivity index (χ3v) is 4.41. The maximum Gasteiger partial charge on any atom is 0.217 e. The molecule has 114 valence electrons. The van der Waals surface area contributed by atoms with E-state index in [1.807, 2.05) is 12.3 Å². The molecule has 1 fully saturated rings. The fraction of sp³-hybridized carbons (Fsp3) is 0.467. The lowest BCUT2D eigenvalue weighted by atomic mass is 9.85. The van der Waals surface area contributed by atoms with Gasteiger partial charge in [0, 0.05) is 25.1 Å². The molecule has 0 aromatic carbocycles. The fourth-order valence-electron chi connectivity index (χ4n) is 3.51. The lowest BCUT2D eigenvalue weighted by Gasteiger charge is -2.28. The quantitative estimate of drug-likeness (QED) is 0.754. The molecule has 0 aliphatic heterocycles. The molecule has 7 nitrogen and oxygen atoms in total. The number of hydrogen-bond acceptors (Lipinski definition) is 4. The van der Waals surface area contributed by atoms with Gasteiger partial charge in [-0.3, -0.25) is 9.20 Å². The summed E-state index contributed by atoms with van der Waals surface area (Å²) in [7, 11) is 0. The number of fused-ring (bicyclic) bond motifs is 3. The Kier molecular flexibility index (Phi) is 3.06. The van der Waals surface area contributed by atoms with Crippen LogP contribution in [0, 0.1) is 0 Å². The molecule has 0 radical (unpaired) electrons. The third kappa shape index (κ3) is 2.13. The second-order valence-corrected chi connectivity index (χ2v) is 5.98. The van der Waals surface area contributed by atoms with Crippen molar-refractivity contribution in [1.82, 2.24) is 29.9 Å². The largest absolute Gasteiger partial charge is 0.354 e. The van der Waals surface area contributed by atoms with E-state index in [2.05, 4.69) is 29.9 Å². The number of H-pyrrole nitrogens is 1. The highest BCUT2D eigenvalue weighted by molar-refractivity contribution is 5.74. The van der Waals surface area contributed by atoms with Crippen molar-refractivity contribution >= 4 is 22.7 Å². The number of nitrogens with zero attached hydrogens (tertiary/aromatic N) is 4. The predicted octanol–water partition coefficient (Wildman–Crippen LogP) is 1.77. The van der Waals surface area contributed by atoms with E-state index in [4.69, 9.17) is 0 Å². The van der Waals surface area contributed by atoms with Gasteiger partial charge in [-0.25, -0.2) is 4.98 Å². The standard InChI is InChI=1S/C15H18N6O/c1-9(22)18-11-4-2-3-10(7-11)15-20-19-13-8-17-14-12(21(13)15)5-6-16-14/h5-6,8,10-11,16H,2-4,7H2,1H3,(H,18,22)/t10-,11+/m0/s1. The van der Waals surface area contributed by atoms with Crippen molar-refractivity contribution in [2.24, 2.45) is 0 Å². The molecule has 1 aliphatic carbocycles. The number of amides is 1. The van der Waals surface area contributed by atoms with E-state index in [9.17, 15) is 4.79 Å². The molecule has 0 unspecified atom stereocenters. The Bertz CT molecular complexity index is 835. The first-order chi connectivity index (χ1) is 10.7. The van der Waals surface area contributed by atoms with Crippen LogP contribution in [0.5, 0.6) is 0 Å². The number of nitrogens with one attached hydrogen (secondary N) is 2. The van der Waals surface area contributed by atoms with Gasteiger partial charge in [0.25, 0.3) is 0 Å². The minimum absolute atomic E-state index is 0.0361. The average molecular weight is 298 g/mol. The molecule has 0 spiro atoms. The zero-order valence-corrected chi connectivity index (χ0v) is 12.4. The smallest absolute Gasteiger partial charge is 0.217 e. The van der Waals surface area contributed by atoms with E-state index >= 15 is 0 Å². The van der Waals surface area contributed by atoms with Crippen LogP contribution in [0.2, 0.25) is 0 Å². The second-order valence-electron chi connectivity index (χ2n) is 5.98. The van der Waals surface area contributed by atoms with Gasteiger partial charge in [-0.15, -0.1) is 10.2 Å². The number of carbonyl (C=O) groups is 1. The predicted molar refractivity (Wildman–Crippen MR) is 81.5 cm³/mol. The number of rotatable bonds is 2. The zero-order valence-electron chi connectivity index (χ0n) is 12.4. The van der Waals surface area contributed by atoms with Crippen molar-refractivity contribution in [3.63, 3.8) is 0 Å². The number of aromatic amines is 1. The van der Waals surface area contributed by atoms with Crippen molar-refractivity contribution in [2.75, 3.05) is 0 Å². The first-order valence-corrected chi connectivity index (χ1v) is 7.66. The molecule has 3 aromatic rings. The van der Waals surface area contributed by atoms with E-state index in [1.54, 1.807) is 13.1 Å². The molecule has 2 atom stereocenters. The van der Waals surface area contributed by atoms with Crippen LogP contribution in [-0.4, -0.2) is 36.5 Å². The summed E-state index contributed by atoms with van der Waals surface area (Å²) in [4.78, 5) is 18.8. The minimum Gasteiger partial charge on any atom is -0.354 e. The Morgan fingerprint density at radius 3 is 3.18 bits per heavy atom. The Morgan fingerprint density at radius 2 is 2.32 bits per heavy atom. The van der Waals surface area contributed by atoms with Crippen LogP contribution in [0.25, 0.3) is 16.8 Å². The summed E-state index contributed by atoms with van der Waals surface area (Å²) < 4.78 is 2.08. The van der Waals surface area contributed by atoms with Crippen molar-refractivity contribution < 1.29 is 4.79 Å². The van der Waals surface area contributed by atoms with Crippen molar-refractivity contribution in [1.29, 1.82) is 0 Å². The van der Waals surface area contributed by atoms with Crippen LogP contribution in [0.4, 0.5) is 0 Å². The van der Waals surface area contributed by atoms with Crippen LogP contribution in [0.3, 0.4) is 0 Å². The van der Waals surface area contributed by atoms with Gasteiger partial charge in [0.05, 0.1) is 11.7 Å². The lowest BCUT2D eigenvalue weighted by molar-refractivity contribution is -0.119. The molecule has 0 bridgehead atoms. The fourth-order valence-corrected chi connectivity index (χ4v) is 3.51. The maximum absolute atomic E-state index is 11.3. The molecule has 0 saturated heterocycles. The SMILES string of the molecule is CC(=O)N[C@@H]1CCC[C@H](c2nnc3cnc4[nH]ccc4n23)C1. The van der Waals surface area contributed by atoms with Gasteiger partial charge in [0.2, 0.25) is 5.91 Å². The Hall–Kier alpha value is -2.44. The molecule has 3 aromatic heterocycles. The summed E-state index contributed by atoms with van der Waals surface area (Å²) in [5.74, 6) is 1.31. The molecule has 22 heavy (non-hydrogen) atoms. The Balaban J connectivity index is 1.74. The average Bonchev–Trinajstić information content (AvgIpc) is 3.12. The minimum atomic E-state index is 0.0361. The number of hydrogen-bond donors (Lipinski definition) is 2. The number of carbonyl (C=O) groups excluding carboxylic acids is 1. The molecular weight excluding hydrogens is 280 g/mol. The normalized spacial score (nSPS) is 22.2. The lowest BCUT2D eigenvalue weighted by Crippen LogP contribution is -2.36. The van der Waals surface area contributed by atoms with Gasteiger partial charge in [0.1, 0.15) is 5.82 Å². The van der Waals surface area contributed by atoms with Crippen LogP contribution < -0.4 is 5.32 Å². The first-order valence-electron chi connectivity index (χ1n) is 7.66. The van der Waals surface area contributed by atoms with Gasteiger partial charge < -0.3 is 10.3 Å². The summed E-state index contributed by atoms with van der Waals surface area (Å²) in [5.41, 5.74) is 2.60. The molecule has 1 amide bonds. The van der Waals surface area contributed by atoms with E-state index in [0.717, 1.165) is 48.3 Å². The highest BCUT2D eigenvalue weighted by atomic mass is 16.1. The van der Waals surface area contributed by atoms with E-state index in [-0.39, 0.29) is 11.9 Å². The van der Waals surface area contributed by atoms with Crippen LogP contribution >= 0.6 is 0 Å². The van der Waals surface area contributed by atoms with Gasteiger partial charge >= 0.3 is 0 Å². The summed E-state index contributed by atoms with van der Waals surface area (Å²) in [5, 5.41) is 11.7. The highest BCUT2D eigenvalue weighted by Gasteiger charge is 2.27. The molecule has 1 aliphatic rings. The zero-order chi connectivity index (χ0) is 15.1. The van der Waals surface area contributed by atoms with Crippen LogP contribution in [0.15, 0.2) is 18.5 Å². The molecule has 3 heterocycles. The van der Waals surface area contributed by atoms with Crippen LogP contribution in [-0.2, 0) is 4.79 Å². The van der Waals surface area contributed by atoms with Crippen molar-refractivity contribution in [2.45, 2.75) is 44.6 Å². The van der Waals surface area contributed by atoms with Gasteiger partial charge in [-0.05, 0) is 25.3 Å². The summed E-state index contributed by atoms with van der Waals surface area (Å²) in [6.45, 7) is 1.57. The van der Waals surface area contributed by atoms with Gasteiger partial charge in [-0.1, -0.05) is 6.42 Å². The van der Waals surface area contributed by atoms with E-state index in [1.165, 1.54) is 0 Å². The summed E-state index contributed by atoms with van der Waals surface area (Å²) >= 11 is 0. The first kappa shape index (κ1) is 13.2.